The van der Waals surface area contributed by atoms with Gasteiger partial charge in [0, 0.05) is 0 Å². The van der Waals surface area contributed by atoms with Crippen molar-refractivity contribution in [2.24, 2.45) is 5.73 Å². The van der Waals surface area contributed by atoms with Crippen molar-refractivity contribution in [2.45, 2.75) is 25.4 Å². The predicted octanol–water partition coefficient (Wildman–Crippen LogP) is 1.30. The second-order valence-corrected chi connectivity index (χ2v) is 3.46. The van der Waals surface area contributed by atoms with E-state index in [-0.39, 0.29) is 5.84 Å². The Hall–Kier alpha value is -1.58. The number of aromatic nitrogens is 1. The molecule has 1 aliphatic rings. The highest BCUT2D eigenvalue weighted by atomic mass is 16.5. The molecule has 0 atom stereocenters. The third-order valence-corrected chi connectivity index (χ3v) is 2.37. The number of ether oxygens (including phenoxy) is 1. The van der Waals surface area contributed by atoms with Gasteiger partial charge in [0.15, 0.2) is 0 Å². The molecule has 1 fully saturated rings. The van der Waals surface area contributed by atoms with E-state index in [0.29, 0.717) is 11.8 Å². The van der Waals surface area contributed by atoms with Gasteiger partial charge in [0.2, 0.25) is 0 Å². The van der Waals surface area contributed by atoms with Crippen LogP contribution < -0.4 is 10.5 Å². The summed E-state index contributed by atoms with van der Waals surface area (Å²) in [5.41, 5.74) is 5.77. The number of rotatable bonds is 3. The van der Waals surface area contributed by atoms with Gasteiger partial charge in [-0.05, 0) is 31.4 Å². The minimum Gasteiger partial charge on any atom is -0.489 e. The van der Waals surface area contributed by atoms with E-state index in [1.165, 1.54) is 6.42 Å². The summed E-state index contributed by atoms with van der Waals surface area (Å²) < 4.78 is 5.61. The van der Waals surface area contributed by atoms with Crippen LogP contribution in [0.15, 0.2) is 18.3 Å². The molecule has 2 rings (SSSR count). The van der Waals surface area contributed by atoms with Gasteiger partial charge >= 0.3 is 0 Å². The summed E-state index contributed by atoms with van der Waals surface area (Å²) in [4.78, 5) is 4.02. The number of pyridine rings is 1. The third kappa shape index (κ3) is 1.84. The first-order chi connectivity index (χ1) is 6.75. The number of nitrogens with two attached hydrogens (primary N) is 1. The number of nitrogens with one attached hydrogen (secondary N) is 1. The lowest BCUT2D eigenvalue weighted by molar-refractivity contribution is 0.120. The fraction of sp³-hybridized carbons (Fsp3) is 0.400. The van der Waals surface area contributed by atoms with Gasteiger partial charge in [-0.25, -0.2) is 4.98 Å². The van der Waals surface area contributed by atoms with E-state index >= 15 is 0 Å². The zero-order chi connectivity index (χ0) is 9.97. The molecule has 0 amide bonds. The van der Waals surface area contributed by atoms with Crippen LogP contribution in [0.25, 0.3) is 0 Å². The molecule has 4 heteroatoms. The van der Waals surface area contributed by atoms with Crippen LogP contribution in [0, 0.1) is 5.41 Å². The lowest BCUT2D eigenvalue weighted by atomic mass is 9.96. The summed E-state index contributed by atoms with van der Waals surface area (Å²) >= 11 is 0. The maximum Gasteiger partial charge on any atom is 0.141 e. The Bertz CT molecular complexity index is 330. The van der Waals surface area contributed by atoms with Crippen LogP contribution in [0.1, 0.15) is 25.0 Å². The van der Waals surface area contributed by atoms with E-state index in [0.717, 1.165) is 18.6 Å². The Labute approximate surface area is 82.6 Å². The monoisotopic (exact) mass is 191 g/mol. The minimum atomic E-state index is -0.0137. The van der Waals surface area contributed by atoms with Crippen LogP contribution in [0.4, 0.5) is 0 Å². The fourth-order valence-electron chi connectivity index (χ4n) is 1.29. The number of hydrogen-bond donors (Lipinski definition) is 2. The summed E-state index contributed by atoms with van der Waals surface area (Å²) in [6.45, 7) is 0. The van der Waals surface area contributed by atoms with E-state index in [1.54, 1.807) is 12.3 Å². The standard InChI is InChI=1S/C10H13N3O/c11-10(12)9-5-4-8(6-13-9)14-7-2-1-3-7/h4-7H,1-3H2,(H3,11,12). The third-order valence-electron chi connectivity index (χ3n) is 2.37. The van der Waals surface area contributed by atoms with E-state index < -0.39 is 0 Å². The highest BCUT2D eigenvalue weighted by molar-refractivity contribution is 5.92. The summed E-state index contributed by atoms with van der Waals surface area (Å²) in [6.07, 6.45) is 5.50. The van der Waals surface area contributed by atoms with Crippen LogP contribution in [0.3, 0.4) is 0 Å². The maximum atomic E-state index is 7.17. The molecule has 0 aromatic carbocycles. The Morgan fingerprint density at radius 2 is 2.29 bits per heavy atom. The number of hydrogen-bond acceptors (Lipinski definition) is 3. The maximum absolute atomic E-state index is 7.17. The fourth-order valence-corrected chi connectivity index (χ4v) is 1.29. The smallest absolute Gasteiger partial charge is 0.141 e. The second-order valence-electron chi connectivity index (χ2n) is 3.46. The molecule has 14 heavy (non-hydrogen) atoms. The molecular weight excluding hydrogens is 178 g/mol. The van der Waals surface area contributed by atoms with Crippen molar-refractivity contribution >= 4 is 5.84 Å². The molecule has 0 aliphatic heterocycles. The molecule has 0 spiro atoms. The van der Waals surface area contributed by atoms with Crippen molar-refractivity contribution < 1.29 is 4.74 Å². The van der Waals surface area contributed by atoms with Gasteiger partial charge in [0.25, 0.3) is 0 Å². The quantitative estimate of drug-likeness (QED) is 0.558. The van der Waals surface area contributed by atoms with Crippen molar-refractivity contribution in [3.8, 4) is 5.75 Å². The second kappa shape index (κ2) is 3.65. The van der Waals surface area contributed by atoms with Gasteiger partial charge in [0.05, 0.1) is 12.3 Å². The van der Waals surface area contributed by atoms with Crippen LogP contribution in [0.2, 0.25) is 0 Å². The molecule has 1 saturated carbocycles. The molecule has 3 N–H and O–H groups in total. The average Bonchev–Trinajstić information content (AvgIpc) is 2.12. The van der Waals surface area contributed by atoms with E-state index in [9.17, 15) is 0 Å². The van der Waals surface area contributed by atoms with E-state index in [4.69, 9.17) is 15.9 Å². The van der Waals surface area contributed by atoms with Crippen LogP contribution in [0.5, 0.6) is 5.75 Å². The van der Waals surface area contributed by atoms with Gasteiger partial charge in [-0.1, -0.05) is 0 Å². The Balaban J connectivity index is 2.01. The molecule has 1 heterocycles. The molecule has 0 bridgehead atoms. The summed E-state index contributed by atoms with van der Waals surface area (Å²) in [5.74, 6) is 0.750. The predicted molar refractivity (Wildman–Crippen MR) is 53.5 cm³/mol. The Morgan fingerprint density at radius 3 is 2.71 bits per heavy atom. The van der Waals surface area contributed by atoms with Crippen molar-refractivity contribution in [1.29, 1.82) is 5.41 Å². The molecule has 74 valence electrons. The number of nitrogens with zero attached hydrogens (tertiary/aromatic N) is 1. The SMILES string of the molecule is N=C(N)c1ccc(OC2CCC2)cn1. The molecule has 1 aromatic heterocycles. The Morgan fingerprint density at radius 1 is 1.50 bits per heavy atom. The first-order valence-electron chi connectivity index (χ1n) is 4.73. The molecular formula is C10H13N3O. The minimum absolute atomic E-state index is 0.0137. The number of nitrogen functional groups attached to an aromatic ring is 1. The Kier molecular flexibility index (Phi) is 2.35. The topological polar surface area (TPSA) is 72.0 Å². The van der Waals surface area contributed by atoms with Gasteiger partial charge in [-0.2, -0.15) is 0 Å². The van der Waals surface area contributed by atoms with Crippen LogP contribution in [-0.2, 0) is 0 Å². The number of amidine groups is 1. The zero-order valence-electron chi connectivity index (χ0n) is 7.86. The normalized spacial score (nSPS) is 16.0. The summed E-state index contributed by atoms with van der Waals surface area (Å²) in [6, 6.07) is 3.51. The molecule has 4 nitrogen and oxygen atoms in total. The molecule has 0 radical (unpaired) electrons. The van der Waals surface area contributed by atoms with Gasteiger partial charge in [0.1, 0.15) is 17.3 Å². The van der Waals surface area contributed by atoms with Gasteiger partial charge < -0.3 is 10.5 Å². The molecule has 0 saturated heterocycles. The van der Waals surface area contributed by atoms with Crippen molar-refractivity contribution in [3.63, 3.8) is 0 Å². The first kappa shape index (κ1) is 8.99. The summed E-state index contributed by atoms with van der Waals surface area (Å²) in [5, 5.41) is 7.17. The molecule has 1 aliphatic carbocycles. The highest BCUT2D eigenvalue weighted by Gasteiger charge is 2.18. The van der Waals surface area contributed by atoms with Crippen molar-refractivity contribution in [3.05, 3.63) is 24.0 Å². The average molecular weight is 191 g/mol. The summed E-state index contributed by atoms with van der Waals surface area (Å²) in [7, 11) is 0. The van der Waals surface area contributed by atoms with Gasteiger partial charge in [-0.3, -0.25) is 5.41 Å². The largest absolute Gasteiger partial charge is 0.489 e. The van der Waals surface area contributed by atoms with E-state index in [2.05, 4.69) is 4.98 Å². The van der Waals surface area contributed by atoms with E-state index in [1.807, 2.05) is 6.07 Å². The zero-order valence-corrected chi connectivity index (χ0v) is 7.86. The highest BCUT2D eigenvalue weighted by Crippen LogP contribution is 2.24. The molecule has 1 aromatic rings. The lowest BCUT2D eigenvalue weighted by Crippen LogP contribution is -2.24. The van der Waals surface area contributed by atoms with Crippen molar-refractivity contribution in [2.75, 3.05) is 0 Å². The van der Waals surface area contributed by atoms with Crippen molar-refractivity contribution in [1.82, 2.24) is 4.98 Å². The van der Waals surface area contributed by atoms with Gasteiger partial charge in [-0.15, -0.1) is 0 Å². The van der Waals surface area contributed by atoms with Crippen LogP contribution >= 0.6 is 0 Å². The van der Waals surface area contributed by atoms with Crippen LogP contribution in [-0.4, -0.2) is 16.9 Å². The molecule has 0 unspecified atom stereocenters. The lowest BCUT2D eigenvalue weighted by Gasteiger charge is -2.26. The first-order valence-corrected chi connectivity index (χ1v) is 4.73.